The smallest absolute Gasteiger partial charge is 0.133 e. The Labute approximate surface area is 110 Å². The lowest BCUT2D eigenvalue weighted by Crippen LogP contribution is -2.14. The lowest BCUT2D eigenvalue weighted by molar-refractivity contribution is 0.601. The van der Waals surface area contributed by atoms with Crippen LogP contribution in [-0.2, 0) is 0 Å². The molecular formula is C14H15F2N3. The Kier molecular flexibility index (Phi) is 4.16. The summed E-state index contributed by atoms with van der Waals surface area (Å²) < 4.78 is 26.9. The van der Waals surface area contributed by atoms with Crippen LogP contribution in [0.3, 0.4) is 0 Å². The molecule has 0 fully saturated rings. The van der Waals surface area contributed by atoms with E-state index in [0.29, 0.717) is 18.1 Å². The fourth-order valence-corrected chi connectivity index (χ4v) is 1.87. The summed E-state index contributed by atoms with van der Waals surface area (Å²) in [5.74, 6) is -0.419. The number of nitrogens with two attached hydrogens (primary N) is 1. The summed E-state index contributed by atoms with van der Waals surface area (Å²) in [6, 6.07) is 4.86. The summed E-state index contributed by atoms with van der Waals surface area (Å²) in [6.45, 7) is 2.40. The molecule has 0 aliphatic rings. The Balaban J connectivity index is 2.45. The summed E-state index contributed by atoms with van der Waals surface area (Å²) >= 11 is 0. The summed E-state index contributed by atoms with van der Waals surface area (Å²) in [5, 5.41) is 0. The average Bonchev–Trinajstić information content (AvgIpc) is 2.43. The quantitative estimate of drug-likeness (QED) is 0.922. The Morgan fingerprint density at radius 2 is 2.05 bits per heavy atom. The van der Waals surface area contributed by atoms with Crippen LogP contribution in [0, 0.1) is 11.6 Å². The molecule has 0 radical (unpaired) electrons. The minimum absolute atomic E-state index is 0.0246. The maximum absolute atomic E-state index is 13.7. The van der Waals surface area contributed by atoms with E-state index in [9.17, 15) is 8.78 Å². The van der Waals surface area contributed by atoms with Gasteiger partial charge in [0.15, 0.2) is 0 Å². The van der Waals surface area contributed by atoms with Crippen molar-refractivity contribution in [2.24, 2.45) is 5.73 Å². The Morgan fingerprint density at radius 1 is 1.26 bits per heavy atom. The molecule has 3 nitrogen and oxygen atoms in total. The molecule has 0 saturated heterocycles. The lowest BCUT2D eigenvalue weighted by Gasteiger charge is -2.11. The van der Waals surface area contributed by atoms with Gasteiger partial charge in [-0.15, -0.1) is 0 Å². The highest BCUT2D eigenvalue weighted by molar-refractivity contribution is 5.59. The first kappa shape index (κ1) is 13.5. The van der Waals surface area contributed by atoms with Gasteiger partial charge in [0.1, 0.15) is 17.5 Å². The van der Waals surface area contributed by atoms with Gasteiger partial charge in [0.05, 0.1) is 5.69 Å². The Morgan fingerprint density at radius 3 is 2.74 bits per heavy atom. The zero-order valence-electron chi connectivity index (χ0n) is 10.6. The zero-order chi connectivity index (χ0) is 13.8. The van der Waals surface area contributed by atoms with Crippen molar-refractivity contribution in [3.63, 3.8) is 0 Å². The molecule has 1 aromatic heterocycles. The molecular weight excluding hydrogens is 248 g/mol. The molecule has 1 atom stereocenters. The summed E-state index contributed by atoms with van der Waals surface area (Å²) in [7, 11) is 0. The van der Waals surface area contributed by atoms with Crippen molar-refractivity contribution >= 4 is 0 Å². The van der Waals surface area contributed by atoms with Crippen molar-refractivity contribution in [3.8, 4) is 11.3 Å². The van der Waals surface area contributed by atoms with Gasteiger partial charge in [-0.2, -0.15) is 0 Å². The van der Waals surface area contributed by atoms with E-state index >= 15 is 0 Å². The molecule has 19 heavy (non-hydrogen) atoms. The van der Waals surface area contributed by atoms with Crippen LogP contribution in [-0.4, -0.2) is 16.5 Å². The molecule has 1 heterocycles. The number of benzene rings is 1. The number of rotatable bonds is 4. The van der Waals surface area contributed by atoms with E-state index in [0.717, 1.165) is 24.6 Å². The van der Waals surface area contributed by atoms with E-state index < -0.39 is 11.6 Å². The maximum Gasteiger partial charge on any atom is 0.133 e. The number of hydrogen-bond acceptors (Lipinski definition) is 3. The predicted octanol–water partition coefficient (Wildman–Crippen LogP) is 2.87. The van der Waals surface area contributed by atoms with Gasteiger partial charge in [-0.25, -0.2) is 18.7 Å². The van der Waals surface area contributed by atoms with Crippen LogP contribution in [0.4, 0.5) is 8.78 Å². The Hall–Kier alpha value is -1.88. The van der Waals surface area contributed by atoms with Crippen molar-refractivity contribution in [1.29, 1.82) is 0 Å². The van der Waals surface area contributed by atoms with Gasteiger partial charge in [-0.1, -0.05) is 6.92 Å². The van der Waals surface area contributed by atoms with Crippen LogP contribution in [0.25, 0.3) is 11.3 Å². The molecule has 0 amide bonds. The van der Waals surface area contributed by atoms with Gasteiger partial charge in [-0.3, -0.25) is 0 Å². The molecule has 1 aromatic carbocycles. The maximum atomic E-state index is 13.7. The summed E-state index contributed by atoms with van der Waals surface area (Å²) in [4.78, 5) is 8.44. The van der Waals surface area contributed by atoms with Crippen molar-refractivity contribution in [2.75, 3.05) is 6.54 Å². The van der Waals surface area contributed by atoms with Crippen LogP contribution in [0.2, 0.25) is 0 Å². The van der Waals surface area contributed by atoms with Crippen LogP contribution >= 0.6 is 0 Å². The number of aromatic nitrogens is 2. The SMILES string of the molecule is CCC(CN)c1nccc(-c2cc(F)ccc2F)n1. The predicted molar refractivity (Wildman–Crippen MR) is 69.5 cm³/mol. The number of halogens is 2. The Bertz CT molecular complexity index is 568. The lowest BCUT2D eigenvalue weighted by atomic mass is 10.1. The highest BCUT2D eigenvalue weighted by atomic mass is 19.1. The van der Waals surface area contributed by atoms with Gasteiger partial charge in [0.25, 0.3) is 0 Å². The standard InChI is InChI=1S/C14H15F2N3/c1-2-9(8-17)14-18-6-5-13(19-14)11-7-10(15)3-4-12(11)16/h3-7,9H,2,8,17H2,1H3. The first-order valence-electron chi connectivity index (χ1n) is 6.14. The molecule has 0 saturated carbocycles. The zero-order valence-corrected chi connectivity index (χ0v) is 10.6. The first-order chi connectivity index (χ1) is 9.15. The molecule has 100 valence electrons. The molecule has 0 bridgehead atoms. The van der Waals surface area contributed by atoms with Crippen molar-refractivity contribution in [2.45, 2.75) is 19.3 Å². The molecule has 5 heteroatoms. The van der Waals surface area contributed by atoms with Gasteiger partial charge in [0, 0.05) is 24.2 Å². The molecule has 0 aliphatic carbocycles. The third kappa shape index (κ3) is 2.93. The second kappa shape index (κ2) is 5.84. The monoisotopic (exact) mass is 263 g/mol. The summed E-state index contributed by atoms with van der Waals surface area (Å²) in [6.07, 6.45) is 2.34. The average molecular weight is 263 g/mol. The van der Waals surface area contributed by atoms with Crippen LogP contribution in [0.15, 0.2) is 30.5 Å². The van der Waals surface area contributed by atoms with Gasteiger partial charge < -0.3 is 5.73 Å². The third-order valence-electron chi connectivity index (χ3n) is 3.02. The van der Waals surface area contributed by atoms with Crippen molar-refractivity contribution < 1.29 is 8.78 Å². The minimum Gasteiger partial charge on any atom is -0.330 e. The van der Waals surface area contributed by atoms with E-state index in [2.05, 4.69) is 9.97 Å². The van der Waals surface area contributed by atoms with Crippen LogP contribution < -0.4 is 5.73 Å². The molecule has 2 aromatic rings. The topological polar surface area (TPSA) is 51.8 Å². The largest absolute Gasteiger partial charge is 0.330 e. The van der Waals surface area contributed by atoms with E-state index in [-0.39, 0.29) is 11.5 Å². The molecule has 2 N–H and O–H groups in total. The molecule has 0 aliphatic heterocycles. The van der Waals surface area contributed by atoms with Crippen LogP contribution in [0.1, 0.15) is 25.1 Å². The third-order valence-corrected chi connectivity index (χ3v) is 3.02. The normalized spacial score (nSPS) is 12.4. The van der Waals surface area contributed by atoms with Gasteiger partial charge in [-0.05, 0) is 30.7 Å². The molecule has 2 rings (SSSR count). The van der Waals surface area contributed by atoms with E-state index in [1.807, 2.05) is 6.92 Å². The van der Waals surface area contributed by atoms with E-state index in [1.165, 1.54) is 0 Å². The number of nitrogens with zero attached hydrogens (tertiary/aromatic N) is 2. The first-order valence-corrected chi connectivity index (χ1v) is 6.14. The highest BCUT2D eigenvalue weighted by Crippen LogP contribution is 2.23. The fraction of sp³-hybridized carbons (Fsp3) is 0.286. The van der Waals surface area contributed by atoms with Gasteiger partial charge in [0.2, 0.25) is 0 Å². The van der Waals surface area contributed by atoms with Crippen LogP contribution in [0.5, 0.6) is 0 Å². The molecule has 0 spiro atoms. The molecule has 1 unspecified atom stereocenters. The second-order valence-corrected chi connectivity index (χ2v) is 4.27. The van der Waals surface area contributed by atoms with Crippen molar-refractivity contribution in [3.05, 3.63) is 47.9 Å². The fourth-order valence-electron chi connectivity index (χ4n) is 1.87. The van der Waals surface area contributed by atoms with E-state index in [1.54, 1.807) is 12.3 Å². The summed E-state index contributed by atoms with van der Waals surface area (Å²) in [5.41, 5.74) is 6.15. The van der Waals surface area contributed by atoms with Gasteiger partial charge >= 0.3 is 0 Å². The number of hydrogen-bond donors (Lipinski definition) is 1. The van der Waals surface area contributed by atoms with E-state index in [4.69, 9.17) is 5.73 Å². The second-order valence-electron chi connectivity index (χ2n) is 4.27. The highest BCUT2D eigenvalue weighted by Gasteiger charge is 2.13. The minimum atomic E-state index is -0.508. The van der Waals surface area contributed by atoms with Crippen molar-refractivity contribution in [1.82, 2.24) is 9.97 Å².